The summed E-state index contributed by atoms with van der Waals surface area (Å²) in [6.45, 7) is 5.31. The number of hydrogen-bond acceptors (Lipinski definition) is 4. The summed E-state index contributed by atoms with van der Waals surface area (Å²) in [6.07, 6.45) is 2.79. The number of unbranched alkanes of at least 4 members (excludes halogenated alkanes) is 1. The Hall–Kier alpha value is -0.700. The molecule has 124 valence electrons. The van der Waals surface area contributed by atoms with Crippen LogP contribution in [0.25, 0.3) is 0 Å². The van der Waals surface area contributed by atoms with Gasteiger partial charge in [0.25, 0.3) is 10.2 Å². The lowest BCUT2D eigenvalue weighted by Crippen LogP contribution is -2.47. The first-order chi connectivity index (χ1) is 9.83. The molecule has 1 fully saturated rings. The normalized spacial score (nSPS) is 20.8. The number of nitrogens with zero attached hydrogens (tertiary/aromatic N) is 1. The van der Waals surface area contributed by atoms with Crippen molar-refractivity contribution >= 4 is 16.2 Å². The molecule has 0 saturated carbocycles. The first kappa shape index (κ1) is 18.3. The lowest BCUT2D eigenvalue weighted by Gasteiger charge is -2.29. The molecule has 0 radical (unpaired) electrons. The summed E-state index contributed by atoms with van der Waals surface area (Å²) in [6, 6.07) is 0. The third-order valence-corrected chi connectivity index (χ3v) is 4.96. The third-order valence-electron chi connectivity index (χ3n) is 3.38. The average molecular weight is 322 g/mol. The molecule has 7 nitrogen and oxygen atoms in total. The maximum atomic E-state index is 12.1. The fraction of sp³-hybridized carbons (Fsp3) is 0.923. The van der Waals surface area contributed by atoms with Crippen LogP contribution in [0.1, 0.15) is 39.5 Å². The van der Waals surface area contributed by atoms with Gasteiger partial charge in [-0.3, -0.25) is 4.79 Å². The molecular weight excluding hydrogens is 296 g/mol. The predicted molar refractivity (Wildman–Crippen MR) is 79.2 cm³/mol. The lowest BCUT2D eigenvalue weighted by atomic mass is 10.0. The van der Waals surface area contributed by atoms with Crippen molar-refractivity contribution in [3.63, 3.8) is 0 Å². The second-order valence-corrected chi connectivity index (χ2v) is 7.32. The number of ether oxygens (including phenoxy) is 1. The fourth-order valence-electron chi connectivity index (χ4n) is 2.20. The lowest BCUT2D eigenvalue weighted by molar-refractivity contribution is -0.142. The smallest absolute Gasteiger partial charge is 0.307 e. The van der Waals surface area contributed by atoms with Crippen LogP contribution in [0.4, 0.5) is 0 Å². The van der Waals surface area contributed by atoms with Gasteiger partial charge in [0, 0.05) is 26.2 Å². The van der Waals surface area contributed by atoms with Gasteiger partial charge < -0.3 is 9.84 Å². The van der Waals surface area contributed by atoms with E-state index in [1.807, 2.05) is 13.8 Å². The highest BCUT2D eigenvalue weighted by Crippen LogP contribution is 2.18. The highest BCUT2D eigenvalue weighted by molar-refractivity contribution is 7.87. The van der Waals surface area contributed by atoms with Crippen molar-refractivity contribution in [2.45, 2.75) is 45.6 Å². The molecule has 1 heterocycles. The zero-order chi connectivity index (χ0) is 15.9. The Labute approximate surface area is 126 Å². The summed E-state index contributed by atoms with van der Waals surface area (Å²) in [5.41, 5.74) is 0. The number of carboxylic acid groups (broad SMARTS) is 1. The zero-order valence-corrected chi connectivity index (χ0v) is 13.6. The van der Waals surface area contributed by atoms with Gasteiger partial charge in [-0.2, -0.15) is 12.7 Å². The zero-order valence-electron chi connectivity index (χ0n) is 12.7. The van der Waals surface area contributed by atoms with Gasteiger partial charge in [0.15, 0.2) is 0 Å². The number of nitrogens with one attached hydrogen (secondary N) is 1. The molecule has 2 N–H and O–H groups in total. The summed E-state index contributed by atoms with van der Waals surface area (Å²) in [4.78, 5) is 11.0. The first-order valence-electron chi connectivity index (χ1n) is 7.42. The van der Waals surface area contributed by atoms with Gasteiger partial charge in [-0.25, -0.2) is 4.72 Å². The molecule has 0 spiro atoms. The Morgan fingerprint density at radius 2 is 2.14 bits per heavy atom. The summed E-state index contributed by atoms with van der Waals surface area (Å²) in [5, 5.41) is 8.98. The number of rotatable bonds is 9. The van der Waals surface area contributed by atoms with E-state index in [1.54, 1.807) is 0 Å². The molecule has 0 aliphatic carbocycles. The highest BCUT2D eigenvalue weighted by Gasteiger charge is 2.31. The maximum absolute atomic E-state index is 12.1. The quantitative estimate of drug-likeness (QED) is 0.613. The van der Waals surface area contributed by atoms with Crippen molar-refractivity contribution in [2.24, 2.45) is 5.92 Å². The molecule has 1 atom stereocenters. The van der Waals surface area contributed by atoms with Crippen molar-refractivity contribution < 1.29 is 23.1 Å². The molecule has 1 rings (SSSR count). The molecule has 1 saturated heterocycles. The Bertz CT molecular complexity index is 424. The van der Waals surface area contributed by atoms with E-state index in [-0.39, 0.29) is 12.6 Å². The number of carbonyl (C=O) groups is 1. The van der Waals surface area contributed by atoms with E-state index in [1.165, 1.54) is 4.31 Å². The standard InChI is InChI=1S/C13H26N2O5S/c1-11(2)20-9-4-3-7-14-21(18,19)15-8-5-6-12(10-15)13(16)17/h11-12,14H,3-10H2,1-2H3,(H,16,17). The van der Waals surface area contributed by atoms with Gasteiger partial charge in [-0.15, -0.1) is 0 Å². The van der Waals surface area contributed by atoms with Crippen molar-refractivity contribution in [3.05, 3.63) is 0 Å². The molecule has 0 aromatic heterocycles. The van der Waals surface area contributed by atoms with Gasteiger partial charge in [0.05, 0.1) is 12.0 Å². The molecule has 0 aromatic carbocycles. The summed E-state index contributed by atoms with van der Waals surface area (Å²) in [5.74, 6) is -1.53. The van der Waals surface area contributed by atoms with Crippen molar-refractivity contribution in [1.29, 1.82) is 0 Å². The molecule has 0 bridgehead atoms. The van der Waals surface area contributed by atoms with Crippen LogP contribution in [-0.2, 0) is 19.7 Å². The minimum atomic E-state index is -3.57. The van der Waals surface area contributed by atoms with Crippen LogP contribution < -0.4 is 4.72 Å². The van der Waals surface area contributed by atoms with Crippen molar-refractivity contribution in [1.82, 2.24) is 9.03 Å². The Morgan fingerprint density at radius 3 is 2.76 bits per heavy atom. The van der Waals surface area contributed by atoms with Crippen LogP contribution in [0.15, 0.2) is 0 Å². The molecule has 1 aliphatic heterocycles. The van der Waals surface area contributed by atoms with Gasteiger partial charge in [-0.1, -0.05) is 0 Å². The molecule has 0 amide bonds. The summed E-state index contributed by atoms with van der Waals surface area (Å²) < 4.78 is 33.3. The summed E-state index contributed by atoms with van der Waals surface area (Å²) in [7, 11) is -3.57. The van der Waals surface area contributed by atoms with E-state index in [2.05, 4.69) is 4.72 Å². The van der Waals surface area contributed by atoms with Crippen LogP contribution in [0.5, 0.6) is 0 Å². The minimum Gasteiger partial charge on any atom is -0.481 e. The van der Waals surface area contributed by atoms with Gasteiger partial charge >= 0.3 is 5.97 Å². The van der Waals surface area contributed by atoms with E-state index < -0.39 is 22.1 Å². The monoisotopic (exact) mass is 322 g/mol. The van der Waals surface area contributed by atoms with Crippen LogP contribution in [0.3, 0.4) is 0 Å². The van der Waals surface area contributed by atoms with Gasteiger partial charge in [-0.05, 0) is 39.5 Å². The highest BCUT2D eigenvalue weighted by atomic mass is 32.2. The molecule has 8 heteroatoms. The summed E-state index contributed by atoms with van der Waals surface area (Å²) >= 11 is 0. The second-order valence-electron chi connectivity index (χ2n) is 5.56. The number of carboxylic acids is 1. The van der Waals surface area contributed by atoms with E-state index in [0.717, 1.165) is 6.42 Å². The fourth-order valence-corrected chi connectivity index (χ4v) is 3.53. The Balaban J connectivity index is 2.31. The molecular formula is C13H26N2O5S. The SMILES string of the molecule is CC(C)OCCCCNS(=O)(=O)N1CCCC(C(=O)O)C1. The molecule has 0 aromatic rings. The second kappa shape index (κ2) is 8.67. The van der Waals surface area contributed by atoms with Crippen LogP contribution in [0, 0.1) is 5.92 Å². The minimum absolute atomic E-state index is 0.0567. The molecule has 21 heavy (non-hydrogen) atoms. The van der Waals surface area contributed by atoms with Gasteiger partial charge in [0.1, 0.15) is 0 Å². The average Bonchev–Trinajstić information content (AvgIpc) is 2.42. The van der Waals surface area contributed by atoms with E-state index in [9.17, 15) is 13.2 Å². The Morgan fingerprint density at radius 1 is 1.43 bits per heavy atom. The maximum Gasteiger partial charge on any atom is 0.307 e. The largest absolute Gasteiger partial charge is 0.481 e. The van der Waals surface area contributed by atoms with E-state index >= 15 is 0 Å². The topological polar surface area (TPSA) is 95.9 Å². The van der Waals surface area contributed by atoms with E-state index in [4.69, 9.17) is 9.84 Å². The number of aliphatic carboxylic acids is 1. The van der Waals surface area contributed by atoms with Crippen LogP contribution in [0.2, 0.25) is 0 Å². The van der Waals surface area contributed by atoms with Crippen molar-refractivity contribution in [3.8, 4) is 0 Å². The van der Waals surface area contributed by atoms with Crippen molar-refractivity contribution in [2.75, 3.05) is 26.2 Å². The van der Waals surface area contributed by atoms with Crippen LogP contribution in [-0.4, -0.2) is 56.1 Å². The number of hydrogen-bond donors (Lipinski definition) is 2. The van der Waals surface area contributed by atoms with E-state index in [0.29, 0.717) is 39.0 Å². The van der Waals surface area contributed by atoms with Crippen LogP contribution >= 0.6 is 0 Å². The Kier molecular flexibility index (Phi) is 7.58. The molecule has 1 aliphatic rings. The predicted octanol–water partition coefficient (Wildman–Crippen LogP) is 0.823. The first-order valence-corrected chi connectivity index (χ1v) is 8.86. The van der Waals surface area contributed by atoms with Gasteiger partial charge in [0.2, 0.25) is 0 Å². The number of piperidine rings is 1. The molecule has 1 unspecified atom stereocenters. The third kappa shape index (κ3) is 6.73.